The molecule has 2 aromatic carbocycles. The first-order valence-corrected chi connectivity index (χ1v) is 11.0. The van der Waals surface area contributed by atoms with E-state index in [0.717, 1.165) is 29.3 Å². The second kappa shape index (κ2) is 8.88. The minimum Gasteiger partial charge on any atom is -0.339 e. The van der Waals surface area contributed by atoms with Crippen LogP contribution < -0.4 is 5.32 Å². The number of aromatic nitrogens is 1. The summed E-state index contributed by atoms with van der Waals surface area (Å²) in [5, 5.41) is 3.87. The van der Waals surface area contributed by atoms with Crippen LogP contribution in [0.1, 0.15) is 64.1 Å². The third-order valence-corrected chi connectivity index (χ3v) is 6.24. The van der Waals surface area contributed by atoms with Gasteiger partial charge in [-0.15, -0.1) is 0 Å². The third kappa shape index (κ3) is 4.61. The van der Waals surface area contributed by atoms with E-state index in [2.05, 4.69) is 10.3 Å². The number of amides is 2. The Morgan fingerprint density at radius 2 is 1.68 bits per heavy atom. The van der Waals surface area contributed by atoms with Crippen molar-refractivity contribution >= 4 is 28.4 Å². The van der Waals surface area contributed by atoms with Crippen LogP contribution in [-0.4, -0.2) is 34.8 Å². The van der Waals surface area contributed by atoms with Crippen LogP contribution in [0.2, 0.25) is 0 Å². The van der Waals surface area contributed by atoms with Gasteiger partial charge in [0.2, 0.25) is 0 Å². The average molecular weight is 416 g/mol. The smallest absolute Gasteiger partial charge is 0.257 e. The normalized spacial score (nSPS) is 14.4. The van der Waals surface area contributed by atoms with Gasteiger partial charge in [0.1, 0.15) is 0 Å². The number of pyridine rings is 1. The zero-order chi connectivity index (χ0) is 22.0. The maximum absolute atomic E-state index is 12.9. The summed E-state index contributed by atoms with van der Waals surface area (Å²) in [5.74, 6) is -0.166. The number of nitrogens with zero attached hydrogens (tertiary/aromatic N) is 2. The number of carbonyl (C=O) groups excluding carboxylic acids is 2. The molecule has 0 atom stereocenters. The summed E-state index contributed by atoms with van der Waals surface area (Å²) in [5.41, 5.74) is 4.57. The number of aryl methyl sites for hydroxylation is 2. The van der Waals surface area contributed by atoms with Gasteiger partial charge in [-0.25, -0.2) is 0 Å². The highest BCUT2D eigenvalue weighted by molar-refractivity contribution is 6.07. The lowest BCUT2D eigenvalue weighted by atomic mass is 9.94. The Morgan fingerprint density at radius 3 is 2.39 bits per heavy atom. The fourth-order valence-corrected chi connectivity index (χ4v) is 4.34. The molecule has 1 fully saturated rings. The zero-order valence-electron chi connectivity index (χ0n) is 18.4. The van der Waals surface area contributed by atoms with E-state index in [-0.39, 0.29) is 11.8 Å². The molecule has 0 unspecified atom stereocenters. The van der Waals surface area contributed by atoms with E-state index < -0.39 is 0 Å². The van der Waals surface area contributed by atoms with Crippen LogP contribution in [0, 0.1) is 13.8 Å². The molecule has 0 aliphatic heterocycles. The predicted molar refractivity (Wildman–Crippen MR) is 125 cm³/mol. The Morgan fingerprint density at radius 1 is 0.968 bits per heavy atom. The van der Waals surface area contributed by atoms with Gasteiger partial charge >= 0.3 is 0 Å². The molecule has 160 valence electrons. The minimum absolute atomic E-state index is 0.0367. The van der Waals surface area contributed by atoms with E-state index in [1.807, 2.05) is 50.1 Å². The van der Waals surface area contributed by atoms with Crippen molar-refractivity contribution in [2.45, 2.75) is 52.0 Å². The zero-order valence-corrected chi connectivity index (χ0v) is 18.4. The lowest BCUT2D eigenvalue weighted by molar-refractivity contribution is 0.0696. The highest BCUT2D eigenvalue weighted by Gasteiger charge is 2.23. The molecule has 0 bridgehead atoms. The van der Waals surface area contributed by atoms with E-state index in [1.54, 1.807) is 24.3 Å². The van der Waals surface area contributed by atoms with Crippen molar-refractivity contribution in [1.82, 2.24) is 9.88 Å². The summed E-state index contributed by atoms with van der Waals surface area (Å²) in [6.45, 7) is 3.87. The third-order valence-electron chi connectivity index (χ3n) is 6.24. The highest BCUT2D eigenvalue weighted by Crippen LogP contribution is 2.24. The van der Waals surface area contributed by atoms with Crippen molar-refractivity contribution in [1.29, 1.82) is 0 Å². The van der Waals surface area contributed by atoms with Crippen LogP contribution in [0.15, 0.2) is 48.5 Å². The Kier molecular flexibility index (Phi) is 6.03. The Balaban J connectivity index is 1.47. The number of rotatable bonds is 4. The van der Waals surface area contributed by atoms with Gasteiger partial charge in [0, 0.05) is 29.7 Å². The van der Waals surface area contributed by atoms with Crippen molar-refractivity contribution in [3.63, 3.8) is 0 Å². The van der Waals surface area contributed by atoms with Crippen LogP contribution in [-0.2, 0) is 0 Å². The predicted octanol–water partition coefficient (Wildman–Crippen LogP) is 5.51. The monoisotopic (exact) mass is 415 g/mol. The topological polar surface area (TPSA) is 62.3 Å². The van der Waals surface area contributed by atoms with Crippen molar-refractivity contribution in [3.05, 3.63) is 70.9 Å². The number of hydrogen-bond donors (Lipinski definition) is 1. The molecular formula is C26H29N3O2. The van der Waals surface area contributed by atoms with E-state index >= 15 is 0 Å². The van der Waals surface area contributed by atoms with Crippen molar-refractivity contribution in [2.75, 3.05) is 12.4 Å². The SMILES string of the molecule is Cc1ccc2cc(C(=O)Nc3ccc(C(=O)N(C)C4CCCCC4)cc3)c(C)nc2c1. The first-order chi connectivity index (χ1) is 14.9. The van der Waals surface area contributed by atoms with Crippen molar-refractivity contribution < 1.29 is 9.59 Å². The lowest BCUT2D eigenvalue weighted by Crippen LogP contribution is -2.38. The van der Waals surface area contributed by atoms with Gasteiger partial charge in [0.05, 0.1) is 16.8 Å². The summed E-state index contributed by atoms with van der Waals surface area (Å²) in [7, 11) is 1.89. The van der Waals surface area contributed by atoms with Gasteiger partial charge < -0.3 is 10.2 Å². The quantitative estimate of drug-likeness (QED) is 0.611. The standard InChI is InChI=1S/C26H29N3O2/c1-17-9-10-20-16-23(18(2)27-24(20)15-17)25(30)28-21-13-11-19(12-14-21)26(31)29(3)22-7-5-4-6-8-22/h9-16,22H,4-8H2,1-3H3,(H,28,30). The number of carbonyl (C=O) groups is 2. The summed E-state index contributed by atoms with van der Waals surface area (Å²) < 4.78 is 0. The Hall–Kier alpha value is -3.21. The molecule has 1 aliphatic rings. The first kappa shape index (κ1) is 21.0. The fraction of sp³-hybridized carbons (Fsp3) is 0.346. The van der Waals surface area contributed by atoms with Crippen LogP contribution in [0.25, 0.3) is 10.9 Å². The van der Waals surface area contributed by atoms with E-state index in [0.29, 0.717) is 28.6 Å². The van der Waals surface area contributed by atoms with Gasteiger partial charge in [0.15, 0.2) is 0 Å². The van der Waals surface area contributed by atoms with E-state index in [4.69, 9.17) is 0 Å². The summed E-state index contributed by atoms with van der Waals surface area (Å²) in [6.07, 6.45) is 5.80. The number of anilines is 1. The van der Waals surface area contributed by atoms with Crippen molar-refractivity contribution in [2.24, 2.45) is 0 Å². The molecule has 0 saturated heterocycles. The Bertz CT molecular complexity index is 1120. The number of fused-ring (bicyclic) bond motifs is 1. The molecule has 3 aromatic rings. The molecule has 1 heterocycles. The molecule has 2 amide bonds. The van der Waals surface area contributed by atoms with E-state index in [9.17, 15) is 9.59 Å². The van der Waals surface area contributed by atoms with Gasteiger partial charge in [0.25, 0.3) is 11.8 Å². The Labute approximate surface area is 183 Å². The van der Waals surface area contributed by atoms with Crippen LogP contribution >= 0.6 is 0 Å². The molecule has 1 aromatic heterocycles. The molecular weight excluding hydrogens is 386 g/mol. The van der Waals surface area contributed by atoms with Gasteiger partial charge in [-0.3, -0.25) is 14.6 Å². The summed E-state index contributed by atoms with van der Waals surface area (Å²) in [6, 6.07) is 15.4. The fourth-order valence-electron chi connectivity index (χ4n) is 4.34. The van der Waals surface area contributed by atoms with E-state index in [1.165, 1.54) is 19.3 Å². The van der Waals surface area contributed by atoms with Crippen molar-refractivity contribution in [3.8, 4) is 0 Å². The number of hydrogen-bond acceptors (Lipinski definition) is 3. The second-order valence-corrected chi connectivity index (χ2v) is 8.56. The highest BCUT2D eigenvalue weighted by atomic mass is 16.2. The molecule has 5 heteroatoms. The van der Waals surface area contributed by atoms with Gasteiger partial charge in [-0.2, -0.15) is 0 Å². The minimum atomic E-state index is -0.203. The molecule has 1 saturated carbocycles. The molecule has 31 heavy (non-hydrogen) atoms. The van der Waals surface area contributed by atoms with Gasteiger partial charge in [-0.1, -0.05) is 31.4 Å². The molecule has 5 nitrogen and oxygen atoms in total. The molecule has 0 radical (unpaired) electrons. The van der Waals surface area contributed by atoms with Crippen LogP contribution in [0.5, 0.6) is 0 Å². The maximum atomic E-state index is 12.9. The summed E-state index contributed by atoms with van der Waals surface area (Å²) in [4.78, 5) is 32.1. The molecule has 0 spiro atoms. The van der Waals surface area contributed by atoms with Crippen LogP contribution in [0.4, 0.5) is 5.69 Å². The lowest BCUT2D eigenvalue weighted by Gasteiger charge is -2.31. The van der Waals surface area contributed by atoms with Gasteiger partial charge in [-0.05, 0) is 68.7 Å². The number of benzene rings is 2. The summed E-state index contributed by atoms with van der Waals surface area (Å²) >= 11 is 0. The average Bonchev–Trinajstić information content (AvgIpc) is 2.78. The maximum Gasteiger partial charge on any atom is 0.257 e. The molecule has 1 N–H and O–H groups in total. The van der Waals surface area contributed by atoms with Crippen LogP contribution in [0.3, 0.4) is 0 Å². The number of nitrogens with one attached hydrogen (secondary N) is 1. The first-order valence-electron chi connectivity index (χ1n) is 11.0. The molecule has 1 aliphatic carbocycles. The molecule has 4 rings (SSSR count). The second-order valence-electron chi connectivity index (χ2n) is 8.56. The largest absolute Gasteiger partial charge is 0.339 e.